The molecule has 0 saturated carbocycles. The van der Waals surface area contributed by atoms with E-state index in [4.69, 9.17) is 4.74 Å². The van der Waals surface area contributed by atoms with Gasteiger partial charge in [0.15, 0.2) is 5.82 Å². The lowest BCUT2D eigenvalue weighted by Gasteiger charge is -2.09. The maximum absolute atomic E-state index is 12.2. The van der Waals surface area contributed by atoms with Gasteiger partial charge < -0.3 is 15.4 Å². The Balaban J connectivity index is 1.58. The van der Waals surface area contributed by atoms with Crippen LogP contribution < -0.4 is 15.4 Å². The van der Waals surface area contributed by atoms with Gasteiger partial charge in [-0.2, -0.15) is 0 Å². The third-order valence-corrected chi connectivity index (χ3v) is 3.98. The molecule has 0 spiro atoms. The minimum absolute atomic E-state index is 0.248. The highest BCUT2D eigenvalue weighted by molar-refractivity contribution is 6.03. The van der Waals surface area contributed by atoms with Crippen LogP contribution in [-0.4, -0.2) is 23.2 Å². The number of nitrogens with zero attached hydrogens (tertiary/aromatic N) is 2. The number of anilines is 2. The summed E-state index contributed by atoms with van der Waals surface area (Å²) in [5, 5.41) is 14.1. The van der Waals surface area contributed by atoms with Gasteiger partial charge in [0.1, 0.15) is 11.6 Å². The second-order valence-corrected chi connectivity index (χ2v) is 5.77. The smallest absolute Gasteiger partial charge is 0.256 e. The Kier molecular flexibility index (Phi) is 5.43. The third-order valence-electron chi connectivity index (χ3n) is 3.98. The van der Waals surface area contributed by atoms with E-state index in [2.05, 4.69) is 39.9 Å². The van der Waals surface area contributed by atoms with Crippen LogP contribution in [0.25, 0.3) is 0 Å². The van der Waals surface area contributed by atoms with Crippen LogP contribution in [0.3, 0.4) is 0 Å². The minimum Gasteiger partial charge on any atom is -0.497 e. The Labute approximate surface area is 152 Å². The van der Waals surface area contributed by atoms with Crippen molar-refractivity contribution >= 4 is 17.5 Å². The normalized spacial score (nSPS) is 10.2. The molecule has 132 valence electrons. The van der Waals surface area contributed by atoms with Gasteiger partial charge in [0.2, 0.25) is 0 Å². The third kappa shape index (κ3) is 4.36. The molecule has 1 amide bonds. The number of aryl methyl sites for hydroxylation is 1. The van der Waals surface area contributed by atoms with E-state index in [-0.39, 0.29) is 5.91 Å². The summed E-state index contributed by atoms with van der Waals surface area (Å²) >= 11 is 0. The van der Waals surface area contributed by atoms with Gasteiger partial charge in [0, 0.05) is 12.1 Å². The lowest BCUT2D eigenvalue weighted by atomic mass is 10.1. The Hall–Kier alpha value is -3.41. The Morgan fingerprint density at radius 2 is 1.65 bits per heavy atom. The maximum Gasteiger partial charge on any atom is 0.256 e. The Morgan fingerprint density at radius 1 is 0.962 bits per heavy atom. The number of methoxy groups -OCH3 is 1. The second kappa shape index (κ2) is 8.11. The van der Waals surface area contributed by atoms with E-state index in [1.54, 1.807) is 43.5 Å². The summed E-state index contributed by atoms with van der Waals surface area (Å²) in [7, 11) is 1.58. The van der Waals surface area contributed by atoms with Crippen LogP contribution in [0, 0.1) is 6.92 Å². The molecule has 2 N–H and O–H groups in total. The van der Waals surface area contributed by atoms with Crippen LogP contribution >= 0.6 is 0 Å². The molecule has 0 saturated heterocycles. The number of carbonyl (C=O) groups is 1. The zero-order valence-corrected chi connectivity index (χ0v) is 14.7. The summed E-state index contributed by atoms with van der Waals surface area (Å²) in [5.74, 6) is 1.50. The molecule has 0 aliphatic heterocycles. The van der Waals surface area contributed by atoms with E-state index in [1.807, 2.05) is 12.1 Å². The number of hydrogen-bond acceptors (Lipinski definition) is 5. The molecule has 3 aromatic rings. The van der Waals surface area contributed by atoms with Crippen LogP contribution in [0.2, 0.25) is 0 Å². The van der Waals surface area contributed by atoms with E-state index in [9.17, 15) is 4.79 Å². The number of ether oxygens (including phenoxy) is 1. The van der Waals surface area contributed by atoms with E-state index in [0.717, 1.165) is 0 Å². The molecule has 26 heavy (non-hydrogen) atoms. The van der Waals surface area contributed by atoms with Crippen LogP contribution in [0.1, 0.15) is 21.5 Å². The summed E-state index contributed by atoms with van der Waals surface area (Å²) in [6.07, 6.45) is 0. The fourth-order valence-electron chi connectivity index (χ4n) is 2.42. The summed E-state index contributed by atoms with van der Waals surface area (Å²) in [6, 6.07) is 18.5. The topological polar surface area (TPSA) is 76.1 Å². The van der Waals surface area contributed by atoms with Crippen molar-refractivity contribution < 1.29 is 9.53 Å². The number of aromatic nitrogens is 2. The van der Waals surface area contributed by atoms with Crippen molar-refractivity contribution in [2.24, 2.45) is 0 Å². The summed E-state index contributed by atoms with van der Waals surface area (Å²) < 4.78 is 5.08. The predicted octanol–water partition coefficient (Wildman–Crippen LogP) is 3.66. The molecule has 0 fully saturated rings. The zero-order valence-electron chi connectivity index (χ0n) is 14.7. The number of benzene rings is 2. The largest absolute Gasteiger partial charge is 0.497 e. The number of carbonyl (C=O) groups excluding carboxylic acids is 1. The van der Waals surface area contributed by atoms with E-state index < -0.39 is 0 Å². The molecular formula is C20H20N4O2. The van der Waals surface area contributed by atoms with Crippen molar-refractivity contribution in [3.05, 3.63) is 77.4 Å². The molecule has 3 rings (SSSR count). The van der Waals surface area contributed by atoms with Crippen molar-refractivity contribution in [2.75, 3.05) is 17.7 Å². The summed E-state index contributed by atoms with van der Waals surface area (Å²) in [5.41, 5.74) is 2.94. The highest BCUT2D eigenvalue weighted by Crippen LogP contribution is 2.14. The first kappa shape index (κ1) is 17.4. The molecule has 1 aromatic heterocycles. The average molecular weight is 348 g/mol. The van der Waals surface area contributed by atoms with Gasteiger partial charge in [-0.3, -0.25) is 4.79 Å². The van der Waals surface area contributed by atoms with Gasteiger partial charge >= 0.3 is 0 Å². The van der Waals surface area contributed by atoms with E-state index in [1.165, 1.54) is 11.1 Å². The molecule has 0 aliphatic rings. The standard InChI is InChI=1S/C20H20N4O2/c1-14-5-3-4-6-16(14)13-21-18-11-12-19(24-23-18)22-20(25)15-7-9-17(26-2)10-8-15/h3-12H,13H2,1-2H3,(H,21,23)(H,22,24,25). The molecular weight excluding hydrogens is 328 g/mol. The van der Waals surface area contributed by atoms with Gasteiger partial charge in [0.05, 0.1) is 7.11 Å². The van der Waals surface area contributed by atoms with Crippen LogP contribution in [0.4, 0.5) is 11.6 Å². The molecule has 6 nitrogen and oxygen atoms in total. The van der Waals surface area contributed by atoms with Gasteiger partial charge in [-0.15, -0.1) is 10.2 Å². The first-order valence-electron chi connectivity index (χ1n) is 8.23. The maximum atomic E-state index is 12.2. The molecule has 2 aromatic carbocycles. The first-order valence-corrected chi connectivity index (χ1v) is 8.23. The predicted molar refractivity (Wildman–Crippen MR) is 101 cm³/mol. The fourth-order valence-corrected chi connectivity index (χ4v) is 2.42. The lowest BCUT2D eigenvalue weighted by molar-refractivity contribution is 0.102. The second-order valence-electron chi connectivity index (χ2n) is 5.77. The van der Waals surface area contributed by atoms with Crippen LogP contribution in [0.15, 0.2) is 60.7 Å². The highest BCUT2D eigenvalue weighted by Gasteiger charge is 2.07. The summed E-state index contributed by atoms with van der Waals surface area (Å²) in [4.78, 5) is 12.2. The molecule has 0 atom stereocenters. The van der Waals surface area contributed by atoms with Gasteiger partial charge in [-0.1, -0.05) is 24.3 Å². The number of hydrogen-bond donors (Lipinski definition) is 2. The number of rotatable bonds is 6. The molecule has 1 heterocycles. The molecule has 0 aliphatic carbocycles. The van der Waals surface area contributed by atoms with Crippen molar-refractivity contribution in [3.63, 3.8) is 0 Å². The van der Waals surface area contributed by atoms with Gasteiger partial charge in [-0.05, 0) is 54.4 Å². The highest BCUT2D eigenvalue weighted by atomic mass is 16.5. The molecule has 0 unspecified atom stereocenters. The van der Waals surface area contributed by atoms with Crippen LogP contribution in [-0.2, 0) is 6.54 Å². The molecule has 6 heteroatoms. The number of amides is 1. The fraction of sp³-hybridized carbons (Fsp3) is 0.150. The first-order chi connectivity index (χ1) is 12.7. The van der Waals surface area contributed by atoms with Gasteiger partial charge in [-0.25, -0.2) is 0 Å². The lowest BCUT2D eigenvalue weighted by Crippen LogP contribution is -2.13. The Bertz CT molecular complexity index is 877. The molecule has 0 radical (unpaired) electrons. The van der Waals surface area contributed by atoms with Gasteiger partial charge in [0.25, 0.3) is 5.91 Å². The van der Waals surface area contributed by atoms with Crippen molar-refractivity contribution in [1.82, 2.24) is 10.2 Å². The van der Waals surface area contributed by atoms with Crippen molar-refractivity contribution in [2.45, 2.75) is 13.5 Å². The average Bonchev–Trinajstić information content (AvgIpc) is 2.68. The summed E-state index contributed by atoms with van der Waals surface area (Å²) in [6.45, 7) is 2.74. The zero-order chi connectivity index (χ0) is 18.4. The SMILES string of the molecule is COc1ccc(C(=O)Nc2ccc(NCc3ccccc3C)nn2)cc1. The van der Waals surface area contributed by atoms with E-state index in [0.29, 0.717) is 29.5 Å². The van der Waals surface area contributed by atoms with E-state index >= 15 is 0 Å². The Morgan fingerprint density at radius 3 is 2.31 bits per heavy atom. The monoisotopic (exact) mass is 348 g/mol. The van der Waals surface area contributed by atoms with Crippen molar-refractivity contribution in [1.29, 1.82) is 0 Å². The quantitative estimate of drug-likeness (QED) is 0.711. The molecule has 0 bridgehead atoms. The minimum atomic E-state index is -0.248. The van der Waals surface area contributed by atoms with Crippen LogP contribution in [0.5, 0.6) is 5.75 Å². The number of nitrogens with one attached hydrogen (secondary N) is 2. The van der Waals surface area contributed by atoms with Crippen molar-refractivity contribution in [3.8, 4) is 5.75 Å².